The predicted octanol–water partition coefficient (Wildman–Crippen LogP) is 10.5. The molecule has 3 saturated carbocycles. The van der Waals surface area contributed by atoms with Crippen LogP contribution in [0.4, 0.5) is 0 Å². The number of ether oxygens (including phenoxy) is 6. The normalized spacial score (nSPS) is 38.5. The van der Waals surface area contributed by atoms with E-state index in [2.05, 4.69) is 46.8 Å². The molecule has 0 amide bonds. The quantitative estimate of drug-likeness (QED) is 0.195. The van der Waals surface area contributed by atoms with E-state index in [4.69, 9.17) is 28.4 Å². The van der Waals surface area contributed by atoms with Gasteiger partial charge in [-0.25, -0.2) is 8.42 Å². The Bertz CT molecular complexity index is 1670. The van der Waals surface area contributed by atoms with Crippen molar-refractivity contribution >= 4 is 9.84 Å². The first-order valence-electron chi connectivity index (χ1n) is 22.9. The van der Waals surface area contributed by atoms with E-state index >= 15 is 0 Å². The van der Waals surface area contributed by atoms with Gasteiger partial charge in [0.2, 0.25) is 0 Å². The molecule has 0 aromatic heterocycles. The maximum Gasteiger partial charge on any atom is 0.181 e. The molecule has 4 unspecified atom stereocenters. The van der Waals surface area contributed by atoms with Crippen LogP contribution >= 0.6 is 0 Å². The summed E-state index contributed by atoms with van der Waals surface area (Å²) in [7, 11) is -3.60. The average molecular weight is 809 g/mol. The van der Waals surface area contributed by atoms with Crippen molar-refractivity contribution < 1.29 is 36.8 Å². The standard InChI is InChI=1S/C48H72O8S/c1-33(29-37(57(49,50)36-15-7-6-8-16-36)32-46(2,3)56-45-19-11-14-28-53-45)39-22-23-40-38-21-20-34-30-35(54-43-17-9-12-26-51-43)31-42(55-44-18-10-13-27-52-44)48(34,5)41(38)24-25-47(39,40)4/h6-8,15-16,20-21,33,35,37,39-45H,9-14,17-19,22-32H2,1-5H3/t33-,35-,37?,39-,40+,41+,42+,43?,44?,45?,47-,48+/m1/s1. The number of hydrogen-bond acceptors (Lipinski definition) is 8. The average Bonchev–Trinajstić information content (AvgIpc) is 3.57. The molecule has 0 radical (unpaired) electrons. The van der Waals surface area contributed by atoms with Gasteiger partial charge in [-0.2, -0.15) is 0 Å². The van der Waals surface area contributed by atoms with Crippen molar-refractivity contribution in [3.05, 3.63) is 53.6 Å². The lowest BCUT2D eigenvalue weighted by Crippen LogP contribution is -2.55. The van der Waals surface area contributed by atoms with E-state index in [1.165, 1.54) is 5.57 Å². The van der Waals surface area contributed by atoms with Crippen LogP contribution in [-0.4, -0.2) is 70.2 Å². The summed E-state index contributed by atoms with van der Waals surface area (Å²) in [5.41, 5.74) is 2.41. The smallest absolute Gasteiger partial charge is 0.181 e. The first-order chi connectivity index (χ1) is 27.4. The van der Waals surface area contributed by atoms with Gasteiger partial charge in [-0.05, 0) is 158 Å². The van der Waals surface area contributed by atoms with Gasteiger partial charge in [0, 0.05) is 31.7 Å². The minimum Gasteiger partial charge on any atom is -0.353 e. The molecule has 1 aromatic rings. The summed E-state index contributed by atoms with van der Waals surface area (Å²) in [6, 6.07) is 9.09. The number of rotatable bonds is 13. The first kappa shape index (κ1) is 42.1. The van der Waals surface area contributed by atoms with Crippen molar-refractivity contribution in [1.29, 1.82) is 0 Å². The summed E-state index contributed by atoms with van der Waals surface area (Å²) in [4.78, 5) is 0.410. The minimum atomic E-state index is -3.60. The fourth-order valence-electron chi connectivity index (χ4n) is 12.8. The lowest BCUT2D eigenvalue weighted by atomic mass is 9.49. The Hall–Kier alpha value is -1.59. The molecular weight excluding hydrogens is 737 g/mol. The van der Waals surface area contributed by atoms with Gasteiger partial charge in [0.05, 0.1) is 28.0 Å². The molecule has 12 atom stereocenters. The van der Waals surface area contributed by atoms with Crippen LogP contribution in [0.1, 0.15) is 144 Å². The van der Waals surface area contributed by atoms with E-state index in [1.54, 1.807) is 17.7 Å². The van der Waals surface area contributed by atoms with Crippen LogP contribution in [0.3, 0.4) is 0 Å². The third-order valence-corrected chi connectivity index (χ3v) is 17.9. The van der Waals surface area contributed by atoms with Crippen LogP contribution in [0, 0.1) is 34.5 Å². The highest BCUT2D eigenvalue weighted by Gasteiger charge is 2.60. The van der Waals surface area contributed by atoms with Crippen LogP contribution in [0.25, 0.3) is 0 Å². The van der Waals surface area contributed by atoms with Crippen LogP contribution in [0.15, 0.2) is 58.5 Å². The molecule has 0 N–H and O–H groups in total. The second-order valence-corrected chi connectivity index (χ2v) is 22.2. The van der Waals surface area contributed by atoms with Crippen molar-refractivity contribution in [2.24, 2.45) is 34.5 Å². The molecular formula is C48H72O8S. The van der Waals surface area contributed by atoms with Gasteiger partial charge < -0.3 is 28.4 Å². The summed E-state index contributed by atoms with van der Waals surface area (Å²) in [6.45, 7) is 13.7. The monoisotopic (exact) mass is 808 g/mol. The molecule has 4 aliphatic carbocycles. The Morgan fingerprint density at radius 3 is 2.09 bits per heavy atom. The number of benzene rings is 1. The van der Waals surface area contributed by atoms with E-state index in [0.717, 1.165) is 110 Å². The molecule has 3 aliphatic heterocycles. The predicted molar refractivity (Wildman–Crippen MR) is 222 cm³/mol. The third-order valence-electron chi connectivity index (χ3n) is 15.7. The molecule has 8 rings (SSSR count). The second kappa shape index (κ2) is 17.4. The highest BCUT2D eigenvalue weighted by Crippen LogP contribution is 2.67. The van der Waals surface area contributed by atoms with E-state index < -0.39 is 20.7 Å². The van der Waals surface area contributed by atoms with Crippen LogP contribution in [0.2, 0.25) is 0 Å². The van der Waals surface area contributed by atoms with Gasteiger partial charge in [-0.15, -0.1) is 0 Å². The zero-order chi connectivity index (χ0) is 39.8. The van der Waals surface area contributed by atoms with E-state index in [9.17, 15) is 8.42 Å². The summed E-state index contributed by atoms with van der Waals surface area (Å²) >= 11 is 0. The van der Waals surface area contributed by atoms with Crippen molar-refractivity contribution in [1.82, 2.24) is 0 Å². The fourth-order valence-corrected chi connectivity index (χ4v) is 14.9. The van der Waals surface area contributed by atoms with Crippen LogP contribution in [0.5, 0.6) is 0 Å². The maximum atomic E-state index is 14.5. The van der Waals surface area contributed by atoms with E-state index in [1.807, 2.05) is 18.2 Å². The Balaban J connectivity index is 1.03. The molecule has 0 bridgehead atoms. The zero-order valence-corrected chi connectivity index (χ0v) is 36.4. The topological polar surface area (TPSA) is 89.5 Å². The Kier molecular flexibility index (Phi) is 12.9. The maximum absolute atomic E-state index is 14.5. The lowest BCUT2D eigenvalue weighted by Gasteiger charge is -2.58. The van der Waals surface area contributed by atoms with Gasteiger partial charge in [-0.3, -0.25) is 0 Å². The molecule has 7 aliphatic rings. The molecule has 318 valence electrons. The summed E-state index contributed by atoms with van der Waals surface area (Å²) in [5.74, 6) is 1.56. The molecule has 3 saturated heterocycles. The highest BCUT2D eigenvalue weighted by molar-refractivity contribution is 7.92. The van der Waals surface area contributed by atoms with Crippen LogP contribution < -0.4 is 0 Å². The van der Waals surface area contributed by atoms with E-state index in [-0.39, 0.29) is 47.8 Å². The Labute approximate surface area is 344 Å². The van der Waals surface area contributed by atoms with Gasteiger partial charge in [-0.1, -0.05) is 62.3 Å². The highest BCUT2D eigenvalue weighted by atomic mass is 32.2. The van der Waals surface area contributed by atoms with Gasteiger partial charge in [0.25, 0.3) is 0 Å². The third kappa shape index (κ3) is 8.79. The molecule has 57 heavy (non-hydrogen) atoms. The molecule has 9 heteroatoms. The SMILES string of the molecule is C[C@H](CC(CC(C)(C)OC1CCCCO1)S(=O)(=O)c1ccccc1)[C@H]1CC[C@H]2C3=CC=C4C[C@@H](OC5CCCCO5)C[C@H](OC5CCCCO5)[C@]4(C)[C@H]3CC[C@]12C. The van der Waals surface area contributed by atoms with Crippen LogP contribution in [-0.2, 0) is 38.3 Å². The Morgan fingerprint density at radius 1 is 0.789 bits per heavy atom. The van der Waals surface area contributed by atoms with Crippen molar-refractivity contribution in [2.45, 2.75) is 191 Å². The Morgan fingerprint density at radius 2 is 1.44 bits per heavy atom. The number of allylic oxidation sites excluding steroid dienone is 3. The summed E-state index contributed by atoms with van der Waals surface area (Å²) < 4.78 is 67.6. The zero-order valence-electron chi connectivity index (χ0n) is 35.6. The first-order valence-corrected chi connectivity index (χ1v) is 24.4. The van der Waals surface area contributed by atoms with Crippen molar-refractivity contribution in [3.63, 3.8) is 0 Å². The van der Waals surface area contributed by atoms with E-state index in [0.29, 0.717) is 42.1 Å². The van der Waals surface area contributed by atoms with Gasteiger partial charge >= 0.3 is 0 Å². The number of sulfone groups is 1. The van der Waals surface area contributed by atoms with Gasteiger partial charge in [0.1, 0.15) is 0 Å². The number of hydrogen-bond donors (Lipinski definition) is 0. The molecule has 8 nitrogen and oxygen atoms in total. The summed E-state index contributed by atoms with van der Waals surface area (Å²) in [5, 5.41) is -0.554. The molecule has 1 aromatic carbocycles. The lowest BCUT2D eigenvalue weighted by molar-refractivity contribution is -0.242. The largest absolute Gasteiger partial charge is 0.353 e. The van der Waals surface area contributed by atoms with Crippen molar-refractivity contribution in [3.8, 4) is 0 Å². The molecule has 3 heterocycles. The van der Waals surface area contributed by atoms with Crippen molar-refractivity contribution in [2.75, 3.05) is 19.8 Å². The molecule has 0 spiro atoms. The number of fused-ring (bicyclic) bond motifs is 5. The minimum absolute atomic E-state index is 0.0110. The fraction of sp³-hybridized carbons (Fsp3) is 0.792. The molecule has 6 fully saturated rings. The van der Waals surface area contributed by atoms with Gasteiger partial charge in [0.15, 0.2) is 28.7 Å². The summed E-state index contributed by atoms with van der Waals surface area (Å²) in [6.07, 6.45) is 21.3. The second-order valence-electron chi connectivity index (χ2n) is 20.0.